The molecule has 2 heterocycles. The lowest BCUT2D eigenvalue weighted by Gasteiger charge is -2.22. The van der Waals surface area contributed by atoms with Crippen LogP contribution >= 0.6 is 0 Å². The number of aromatic nitrogens is 1. The summed E-state index contributed by atoms with van der Waals surface area (Å²) in [6.45, 7) is 3.14. The molecule has 1 aliphatic heterocycles. The van der Waals surface area contributed by atoms with Crippen LogP contribution in [0.2, 0.25) is 0 Å². The number of unbranched alkanes of at least 4 members (excludes halogenated alkanes) is 1. The highest BCUT2D eigenvalue weighted by Crippen LogP contribution is 2.42. The maximum atomic E-state index is 5.76. The van der Waals surface area contributed by atoms with Crippen molar-refractivity contribution in [2.75, 3.05) is 28.4 Å². The number of rotatable bonds is 7. The molecular weight excluding hydrogens is 378 g/mol. The number of hydrogen-bond acceptors (Lipinski definition) is 4. The number of methoxy groups -OCH3 is 4. The van der Waals surface area contributed by atoms with Gasteiger partial charge in [0.15, 0.2) is 35.7 Å². The molecule has 0 bridgehead atoms. The Hall–Kier alpha value is -2.95. The van der Waals surface area contributed by atoms with E-state index in [0.717, 1.165) is 60.6 Å². The number of aryl methyl sites for hydroxylation is 3. The first kappa shape index (κ1) is 20.3. The highest BCUT2D eigenvalue weighted by molar-refractivity contribution is 5.95. The fraction of sp³-hybridized carbons (Fsp3) is 0.400. The van der Waals surface area contributed by atoms with Gasteiger partial charge in [-0.05, 0) is 42.7 Å². The summed E-state index contributed by atoms with van der Waals surface area (Å²) in [4.78, 5) is 0. The Morgan fingerprint density at radius 1 is 0.867 bits per heavy atom. The van der Waals surface area contributed by atoms with Gasteiger partial charge in [0.25, 0.3) is 0 Å². The number of nitrogens with zero attached hydrogens (tertiary/aromatic N) is 1. The summed E-state index contributed by atoms with van der Waals surface area (Å²) in [5.74, 6) is 3.10. The van der Waals surface area contributed by atoms with Crippen molar-refractivity contribution >= 4 is 10.8 Å². The zero-order valence-corrected chi connectivity index (χ0v) is 18.5. The molecule has 0 saturated carbocycles. The van der Waals surface area contributed by atoms with Crippen LogP contribution in [0.25, 0.3) is 22.0 Å². The molecule has 0 amide bonds. The van der Waals surface area contributed by atoms with Gasteiger partial charge in [-0.15, -0.1) is 0 Å². The lowest BCUT2D eigenvalue weighted by atomic mass is 9.89. The first-order valence-electron chi connectivity index (χ1n) is 10.5. The van der Waals surface area contributed by atoms with Crippen LogP contribution in [0.3, 0.4) is 0 Å². The van der Waals surface area contributed by atoms with E-state index in [9.17, 15) is 0 Å². The van der Waals surface area contributed by atoms with Crippen LogP contribution in [0.5, 0.6) is 23.0 Å². The Bertz CT molecular complexity index is 1090. The minimum absolute atomic E-state index is 0.759. The van der Waals surface area contributed by atoms with Crippen molar-refractivity contribution < 1.29 is 23.5 Å². The second-order valence-corrected chi connectivity index (χ2v) is 7.63. The molecule has 0 saturated heterocycles. The van der Waals surface area contributed by atoms with Crippen LogP contribution < -0.4 is 23.5 Å². The molecule has 158 valence electrons. The summed E-state index contributed by atoms with van der Waals surface area (Å²) < 4.78 is 24.9. The maximum Gasteiger partial charge on any atom is 0.216 e. The first-order valence-corrected chi connectivity index (χ1v) is 10.5. The summed E-state index contributed by atoms with van der Waals surface area (Å²) in [5.41, 5.74) is 5.14. The van der Waals surface area contributed by atoms with E-state index in [0.29, 0.717) is 0 Å². The Kier molecular flexibility index (Phi) is 5.71. The molecule has 4 rings (SSSR count). The molecule has 0 unspecified atom stereocenters. The molecule has 0 radical (unpaired) electrons. The van der Waals surface area contributed by atoms with Crippen molar-refractivity contribution in [3.05, 3.63) is 41.6 Å². The predicted molar refractivity (Wildman–Crippen MR) is 118 cm³/mol. The molecule has 5 nitrogen and oxygen atoms in total. The number of ether oxygens (including phenoxy) is 4. The minimum Gasteiger partial charge on any atom is -0.493 e. The normalized spacial score (nSPS) is 12.3. The monoisotopic (exact) mass is 408 g/mol. The standard InChI is InChI=1S/C25H30NO4/c1-6-7-8-18-17-9-10-21(27-2)25(30-5)20(17)15-26-12-11-16-13-22(28-3)23(29-4)14-19(16)24(18)26/h9-10,13-15H,6-8,11-12H2,1-5H3/q+1. The van der Waals surface area contributed by atoms with Gasteiger partial charge in [0.1, 0.15) is 0 Å². The number of pyridine rings is 1. The van der Waals surface area contributed by atoms with Gasteiger partial charge >= 0.3 is 0 Å². The van der Waals surface area contributed by atoms with E-state index in [1.54, 1.807) is 28.4 Å². The fourth-order valence-electron chi connectivity index (χ4n) is 4.55. The van der Waals surface area contributed by atoms with Gasteiger partial charge in [-0.1, -0.05) is 13.3 Å². The fourth-order valence-corrected chi connectivity index (χ4v) is 4.55. The summed E-state index contributed by atoms with van der Waals surface area (Å²) in [6, 6.07) is 8.42. The number of benzene rings is 2. The lowest BCUT2D eigenvalue weighted by molar-refractivity contribution is -0.686. The molecular formula is C25H30NO4+. The highest BCUT2D eigenvalue weighted by atomic mass is 16.5. The van der Waals surface area contributed by atoms with Gasteiger partial charge in [0.2, 0.25) is 5.69 Å². The van der Waals surface area contributed by atoms with Crippen LogP contribution in [0.1, 0.15) is 30.9 Å². The molecule has 2 aromatic carbocycles. The third-order valence-corrected chi connectivity index (χ3v) is 6.03. The molecule has 30 heavy (non-hydrogen) atoms. The van der Waals surface area contributed by atoms with Crippen molar-refractivity contribution in [2.24, 2.45) is 0 Å². The summed E-state index contributed by atoms with van der Waals surface area (Å²) in [7, 11) is 6.77. The van der Waals surface area contributed by atoms with Gasteiger partial charge in [-0.2, -0.15) is 4.57 Å². The Labute approximate surface area is 178 Å². The molecule has 0 N–H and O–H groups in total. The summed E-state index contributed by atoms with van der Waals surface area (Å²) >= 11 is 0. The molecule has 0 atom stereocenters. The van der Waals surface area contributed by atoms with E-state index in [1.807, 2.05) is 6.07 Å². The van der Waals surface area contributed by atoms with Gasteiger partial charge in [-0.25, -0.2) is 0 Å². The van der Waals surface area contributed by atoms with Crippen LogP contribution in [0.4, 0.5) is 0 Å². The topological polar surface area (TPSA) is 40.8 Å². The smallest absolute Gasteiger partial charge is 0.216 e. The third-order valence-electron chi connectivity index (χ3n) is 6.03. The Morgan fingerprint density at radius 3 is 2.27 bits per heavy atom. The molecule has 1 aromatic heterocycles. The zero-order chi connectivity index (χ0) is 21.3. The second-order valence-electron chi connectivity index (χ2n) is 7.63. The van der Waals surface area contributed by atoms with E-state index >= 15 is 0 Å². The van der Waals surface area contributed by atoms with E-state index in [1.165, 1.54) is 27.8 Å². The van der Waals surface area contributed by atoms with E-state index in [2.05, 4.69) is 35.9 Å². The van der Waals surface area contributed by atoms with Gasteiger partial charge in [0, 0.05) is 17.4 Å². The van der Waals surface area contributed by atoms with Crippen molar-refractivity contribution in [1.29, 1.82) is 0 Å². The summed E-state index contributed by atoms with van der Waals surface area (Å²) in [5, 5.41) is 2.31. The molecule has 0 fully saturated rings. The Morgan fingerprint density at radius 2 is 1.60 bits per heavy atom. The van der Waals surface area contributed by atoms with Crippen LogP contribution in [0.15, 0.2) is 30.5 Å². The molecule has 3 aromatic rings. The zero-order valence-electron chi connectivity index (χ0n) is 18.5. The predicted octanol–water partition coefficient (Wildman–Crippen LogP) is 4.73. The first-order chi connectivity index (χ1) is 14.7. The summed E-state index contributed by atoms with van der Waals surface area (Å²) in [6.07, 6.45) is 6.43. The lowest BCUT2D eigenvalue weighted by Crippen LogP contribution is -2.41. The van der Waals surface area contributed by atoms with Gasteiger partial charge < -0.3 is 18.9 Å². The average molecular weight is 409 g/mol. The molecule has 0 spiro atoms. The van der Waals surface area contributed by atoms with E-state index in [4.69, 9.17) is 18.9 Å². The highest BCUT2D eigenvalue weighted by Gasteiger charge is 2.31. The van der Waals surface area contributed by atoms with E-state index in [-0.39, 0.29) is 0 Å². The van der Waals surface area contributed by atoms with Gasteiger partial charge in [-0.3, -0.25) is 0 Å². The molecule has 0 aliphatic carbocycles. The van der Waals surface area contributed by atoms with Crippen molar-refractivity contribution in [3.8, 4) is 34.3 Å². The molecule has 5 heteroatoms. The Balaban J connectivity index is 2.05. The van der Waals surface area contributed by atoms with Crippen LogP contribution in [-0.4, -0.2) is 28.4 Å². The van der Waals surface area contributed by atoms with Crippen molar-refractivity contribution in [3.63, 3.8) is 0 Å². The van der Waals surface area contributed by atoms with Crippen LogP contribution in [0, 0.1) is 0 Å². The quantitative estimate of drug-likeness (QED) is 0.530. The van der Waals surface area contributed by atoms with Crippen molar-refractivity contribution in [1.82, 2.24) is 0 Å². The SMILES string of the molecule is CCCCc1c2[n+](cc3c(OC)c(OC)ccc13)CCc1cc(OC)c(OC)cc1-2. The maximum absolute atomic E-state index is 5.76. The second kappa shape index (κ2) is 8.42. The number of hydrogen-bond donors (Lipinski definition) is 0. The average Bonchev–Trinajstić information content (AvgIpc) is 2.79. The minimum atomic E-state index is 0.759. The molecule has 1 aliphatic rings. The largest absolute Gasteiger partial charge is 0.493 e. The van der Waals surface area contributed by atoms with Crippen molar-refractivity contribution in [2.45, 2.75) is 39.2 Å². The third kappa shape index (κ3) is 3.22. The van der Waals surface area contributed by atoms with E-state index < -0.39 is 0 Å². The van der Waals surface area contributed by atoms with Gasteiger partial charge in [0.05, 0.1) is 39.4 Å². The number of fused-ring (bicyclic) bond motifs is 4. The van der Waals surface area contributed by atoms with Crippen LogP contribution in [-0.2, 0) is 19.4 Å².